The first-order valence-corrected chi connectivity index (χ1v) is 9.67. The maximum absolute atomic E-state index is 12.8. The third-order valence-corrected chi connectivity index (χ3v) is 5.89. The van der Waals surface area contributed by atoms with E-state index in [0.29, 0.717) is 25.1 Å². The summed E-state index contributed by atoms with van der Waals surface area (Å²) < 4.78 is 0. The molecule has 1 aromatic rings. The summed E-state index contributed by atoms with van der Waals surface area (Å²) in [5.41, 5.74) is 2.82. The smallest absolute Gasteiger partial charge is 0.255 e. The van der Waals surface area contributed by atoms with Crippen molar-refractivity contribution in [2.24, 2.45) is 0 Å². The fourth-order valence-electron chi connectivity index (χ4n) is 4.30. The number of piperidine rings is 1. The van der Waals surface area contributed by atoms with Crippen LogP contribution < -0.4 is 16.0 Å². The molecule has 3 aliphatic heterocycles. The van der Waals surface area contributed by atoms with Crippen LogP contribution in [0.4, 0.5) is 0 Å². The minimum absolute atomic E-state index is 0.120. The lowest BCUT2D eigenvalue weighted by Crippen LogP contribution is -2.52. The Morgan fingerprint density at radius 3 is 2.89 bits per heavy atom. The standard InChI is InChI=1S/C20H26N4O3/c1-20(7-2-8-22-20)12-21-10-13-3-4-14-11-24(19(27)15(14)9-13)16-5-6-17(25)23-18(16)26/h3-4,9,16,21-22H,2,5-8,10-12H2,1H3,(H,23,25,26)/t16?,20-/m0/s1. The summed E-state index contributed by atoms with van der Waals surface area (Å²) in [7, 11) is 0. The van der Waals surface area contributed by atoms with Gasteiger partial charge in [0.15, 0.2) is 0 Å². The summed E-state index contributed by atoms with van der Waals surface area (Å²) in [6, 6.07) is 5.39. The van der Waals surface area contributed by atoms with E-state index >= 15 is 0 Å². The van der Waals surface area contributed by atoms with E-state index in [1.54, 1.807) is 4.90 Å². The second kappa shape index (κ2) is 7.05. The molecule has 0 spiro atoms. The average Bonchev–Trinajstić information content (AvgIpc) is 3.20. The second-order valence-corrected chi connectivity index (χ2v) is 8.09. The Kier molecular flexibility index (Phi) is 4.74. The number of rotatable bonds is 5. The predicted octanol–water partition coefficient (Wildman–Crippen LogP) is 0.679. The van der Waals surface area contributed by atoms with Gasteiger partial charge in [0.25, 0.3) is 5.91 Å². The zero-order valence-corrected chi connectivity index (χ0v) is 15.6. The molecule has 2 fully saturated rings. The van der Waals surface area contributed by atoms with E-state index in [1.807, 2.05) is 18.2 Å². The molecule has 0 aromatic heterocycles. The fraction of sp³-hybridized carbons (Fsp3) is 0.550. The molecule has 27 heavy (non-hydrogen) atoms. The fourth-order valence-corrected chi connectivity index (χ4v) is 4.30. The molecule has 1 aromatic carbocycles. The van der Waals surface area contributed by atoms with E-state index in [0.717, 1.165) is 24.2 Å². The van der Waals surface area contributed by atoms with Crippen LogP contribution in [0.25, 0.3) is 0 Å². The number of imide groups is 1. The van der Waals surface area contributed by atoms with E-state index < -0.39 is 6.04 Å². The summed E-state index contributed by atoms with van der Waals surface area (Å²) in [6.45, 7) is 5.32. The maximum Gasteiger partial charge on any atom is 0.255 e. The van der Waals surface area contributed by atoms with Crippen LogP contribution in [0.3, 0.4) is 0 Å². The van der Waals surface area contributed by atoms with E-state index in [1.165, 1.54) is 12.8 Å². The monoisotopic (exact) mass is 370 g/mol. The molecular formula is C20H26N4O3. The Morgan fingerprint density at radius 1 is 1.30 bits per heavy atom. The van der Waals surface area contributed by atoms with Gasteiger partial charge in [-0.05, 0) is 49.9 Å². The van der Waals surface area contributed by atoms with Crippen molar-refractivity contribution in [3.05, 3.63) is 34.9 Å². The van der Waals surface area contributed by atoms with Crippen molar-refractivity contribution in [3.63, 3.8) is 0 Å². The number of nitrogens with one attached hydrogen (secondary N) is 3. The highest BCUT2D eigenvalue weighted by Gasteiger charge is 2.39. The van der Waals surface area contributed by atoms with Crippen molar-refractivity contribution in [3.8, 4) is 0 Å². The maximum atomic E-state index is 12.8. The van der Waals surface area contributed by atoms with Crippen molar-refractivity contribution in [2.75, 3.05) is 13.1 Å². The summed E-state index contributed by atoms with van der Waals surface area (Å²) in [5, 5.41) is 9.36. The van der Waals surface area contributed by atoms with Gasteiger partial charge in [0.05, 0.1) is 0 Å². The molecule has 1 unspecified atom stereocenters. The normalized spacial score (nSPS) is 27.8. The summed E-state index contributed by atoms with van der Waals surface area (Å²) in [6.07, 6.45) is 3.05. The first-order chi connectivity index (χ1) is 13.0. The van der Waals surface area contributed by atoms with Gasteiger partial charge in [-0.15, -0.1) is 0 Å². The quantitative estimate of drug-likeness (QED) is 0.663. The highest BCUT2D eigenvalue weighted by molar-refractivity contribution is 6.05. The molecule has 0 aliphatic carbocycles. The molecule has 3 amide bonds. The number of fused-ring (bicyclic) bond motifs is 1. The summed E-state index contributed by atoms with van der Waals surface area (Å²) >= 11 is 0. The third kappa shape index (κ3) is 3.61. The van der Waals surface area contributed by atoms with E-state index in [4.69, 9.17) is 0 Å². The highest BCUT2D eigenvalue weighted by Crippen LogP contribution is 2.28. The van der Waals surface area contributed by atoms with Crippen molar-refractivity contribution in [1.82, 2.24) is 20.9 Å². The topological polar surface area (TPSA) is 90.5 Å². The first kappa shape index (κ1) is 18.1. The van der Waals surface area contributed by atoms with Gasteiger partial charge in [-0.2, -0.15) is 0 Å². The number of amides is 3. The number of hydrogen-bond donors (Lipinski definition) is 3. The first-order valence-electron chi connectivity index (χ1n) is 9.67. The van der Waals surface area contributed by atoms with Gasteiger partial charge in [-0.25, -0.2) is 0 Å². The van der Waals surface area contributed by atoms with E-state index in [9.17, 15) is 14.4 Å². The summed E-state index contributed by atoms with van der Waals surface area (Å²) in [5.74, 6) is -0.753. The lowest BCUT2D eigenvalue weighted by Gasteiger charge is -2.29. The van der Waals surface area contributed by atoms with Gasteiger partial charge < -0.3 is 15.5 Å². The molecule has 2 atom stereocenters. The van der Waals surface area contributed by atoms with Crippen LogP contribution in [0.1, 0.15) is 54.1 Å². The molecule has 0 saturated carbocycles. The number of hydrogen-bond acceptors (Lipinski definition) is 5. The van der Waals surface area contributed by atoms with Crippen molar-refractivity contribution in [2.45, 2.75) is 57.3 Å². The second-order valence-electron chi connectivity index (χ2n) is 8.09. The SMILES string of the molecule is C[C@@]1(CNCc2ccc3c(c2)C(=O)N(C2CCC(=O)NC2=O)C3)CCCN1. The zero-order valence-electron chi connectivity index (χ0n) is 15.6. The highest BCUT2D eigenvalue weighted by atomic mass is 16.2. The molecule has 3 heterocycles. The van der Waals surface area contributed by atoms with E-state index in [-0.39, 0.29) is 29.7 Å². The van der Waals surface area contributed by atoms with Crippen molar-refractivity contribution in [1.29, 1.82) is 0 Å². The lowest BCUT2D eigenvalue weighted by molar-refractivity contribution is -0.136. The summed E-state index contributed by atoms with van der Waals surface area (Å²) in [4.78, 5) is 37.9. The van der Waals surface area contributed by atoms with Gasteiger partial charge in [0, 0.05) is 37.2 Å². The van der Waals surface area contributed by atoms with Crippen molar-refractivity contribution < 1.29 is 14.4 Å². The Balaban J connectivity index is 1.40. The predicted molar refractivity (Wildman–Crippen MR) is 99.8 cm³/mol. The Hall–Kier alpha value is -2.25. The lowest BCUT2D eigenvalue weighted by atomic mass is 10.0. The third-order valence-electron chi connectivity index (χ3n) is 5.89. The number of carbonyl (C=O) groups is 3. The molecule has 0 bridgehead atoms. The Labute approximate surface area is 158 Å². The molecule has 7 heteroatoms. The number of nitrogens with zero attached hydrogens (tertiary/aromatic N) is 1. The molecule has 4 rings (SSSR count). The van der Waals surface area contributed by atoms with Gasteiger partial charge in [-0.3, -0.25) is 19.7 Å². The van der Waals surface area contributed by atoms with Crippen LogP contribution in [0, 0.1) is 0 Å². The van der Waals surface area contributed by atoms with Crippen LogP contribution >= 0.6 is 0 Å². The Morgan fingerprint density at radius 2 is 2.15 bits per heavy atom. The largest absolute Gasteiger partial charge is 0.322 e. The van der Waals surface area contributed by atoms with Gasteiger partial charge >= 0.3 is 0 Å². The molecule has 2 saturated heterocycles. The van der Waals surface area contributed by atoms with Crippen LogP contribution in [-0.2, 0) is 22.7 Å². The van der Waals surface area contributed by atoms with Crippen LogP contribution in [0.15, 0.2) is 18.2 Å². The molecule has 3 N–H and O–H groups in total. The Bertz CT molecular complexity index is 785. The van der Waals surface area contributed by atoms with Crippen LogP contribution in [0.2, 0.25) is 0 Å². The van der Waals surface area contributed by atoms with E-state index in [2.05, 4.69) is 22.9 Å². The van der Waals surface area contributed by atoms with Gasteiger partial charge in [0.1, 0.15) is 6.04 Å². The number of benzene rings is 1. The van der Waals surface area contributed by atoms with Gasteiger partial charge in [-0.1, -0.05) is 12.1 Å². The van der Waals surface area contributed by atoms with Crippen molar-refractivity contribution >= 4 is 17.7 Å². The molecule has 0 radical (unpaired) electrons. The number of carbonyl (C=O) groups excluding carboxylic acids is 3. The molecular weight excluding hydrogens is 344 g/mol. The molecule has 7 nitrogen and oxygen atoms in total. The molecule has 144 valence electrons. The van der Waals surface area contributed by atoms with Crippen LogP contribution in [-0.4, -0.2) is 47.3 Å². The van der Waals surface area contributed by atoms with Gasteiger partial charge in [0.2, 0.25) is 11.8 Å². The van der Waals surface area contributed by atoms with Crippen LogP contribution in [0.5, 0.6) is 0 Å². The minimum atomic E-state index is -0.558. The minimum Gasteiger partial charge on any atom is -0.322 e. The average molecular weight is 370 g/mol. The molecule has 3 aliphatic rings. The zero-order chi connectivity index (χ0) is 19.0.